The Balaban J connectivity index is 2.22. The van der Waals surface area contributed by atoms with Crippen molar-refractivity contribution >= 4 is 15.9 Å². The highest BCUT2D eigenvalue weighted by Crippen LogP contribution is 2.25. The number of hydrogen-bond acceptors (Lipinski definition) is 2. The van der Waals surface area contributed by atoms with E-state index in [1.807, 2.05) is 0 Å². The fourth-order valence-corrected chi connectivity index (χ4v) is 1.60. The average molecular weight is 336 g/mol. The van der Waals surface area contributed by atoms with Gasteiger partial charge in [-0.2, -0.15) is 22.5 Å². The van der Waals surface area contributed by atoms with Crippen LogP contribution in [-0.4, -0.2) is 4.98 Å². The summed E-state index contributed by atoms with van der Waals surface area (Å²) < 4.78 is 57.7. The minimum atomic E-state index is -1.75. The second-order valence-electron chi connectivity index (χ2n) is 3.57. The van der Waals surface area contributed by atoms with Gasteiger partial charge in [-0.1, -0.05) is 28.1 Å². The summed E-state index contributed by atoms with van der Waals surface area (Å²) in [7, 11) is 0. The molecule has 7 heteroatoms. The van der Waals surface area contributed by atoms with Gasteiger partial charge in [0, 0.05) is 4.47 Å². The van der Waals surface area contributed by atoms with E-state index in [2.05, 4.69) is 20.9 Å². The average Bonchev–Trinajstić information content (AvgIpc) is 2.38. The minimum Gasteiger partial charge on any atom is -0.483 e. The highest BCUT2D eigenvalue weighted by atomic mass is 79.9. The lowest BCUT2D eigenvalue weighted by Crippen LogP contribution is -2.06. The normalized spacial score (nSPS) is 10.6. The van der Waals surface area contributed by atoms with Crippen LogP contribution in [0.2, 0.25) is 0 Å². The van der Waals surface area contributed by atoms with E-state index in [4.69, 9.17) is 4.74 Å². The van der Waals surface area contributed by atoms with E-state index in [-0.39, 0.29) is 6.61 Å². The lowest BCUT2D eigenvalue weighted by molar-refractivity contribution is 0.255. The fraction of sp³-hybridized carbons (Fsp3) is 0.0833. The molecule has 0 unspecified atom stereocenters. The predicted molar refractivity (Wildman–Crippen MR) is 62.5 cm³/mol. The van der Waals surface area contributed by atoms with Crippen LogP contribution in [0.25, 0.3) is 0 Å². The third-order valence-corrected chi connectivity index (χ3v) is 2.78. The maximum atomic E-state index is 13.2. The van der Waals surface area contributed by atoms with Gasteiger partial charge >= 0.3 is 0 Å². The van der Waals surface area contributed by atoms with Crippen LogP contribution in [0.5, 0.6) is 5.75 Å². The zero-order valence-electron chi connectivity index (χ0n) is 9.26. The van der Waals surface area contributed by atoms with E-state index in [0.29, 0.717) is 5.56 Å². The summed E-state index contributed by atoms with van der Waals surface area (Å²) >= 11 is 3.22. The van der Waals surface area contributed by atoms with Gasteiger partial charge in [-0.25, -0.2) is 0 Å². The molecule has 0 fully saturated rings. The highest BCUT2D eigenvalue weighted by Gasteiger charge is 2.22. The topological polar surface area (TPSA) is 22.1 Å². The molecule has 2 aromatic rings. The lowest BCUT2D eigenvalue weighted by atomic mass is 10.2. The fourth-order valence-electron chi connectivity index (χ4n) is 1.33. The molecule has 1 aromatic carbocycles. The molecule has 2 nitrogen and oxygen atoms in total. The van der Waals surface area contributed by atoms with Crippen LogP contribution >= 0.6 is 15.9 Å². The number of rotatable bonds is 3. The zero-order chi connectivity index (χ0) is 14.0. The van der Waals surface area contributed by atoms with Gasteiger partial charge in [0.2, 0.25) is 17.4 Å². The van der Waals surface area contributed by atoms with E-state index in [9.17, 15) is 17.6 Å². The Morgan fingerprint density at radius 1 is 0.947 bits per heavy atom. The van der Waals surface area contributed by atoms with Gasteiger partial charge in [0.1, 0.15) is 6.61 Å². The zero-order valence-corrected chi connectivity index (χ0v) is 10.8. The lowest BCUT2D eigenvalue weighted by Gasteiger charge is -2.09. The quantitative estimate of drug-likeness (QED) is 0.625. The molecule has 0 aliphatic carbocycles. The van der Waals surface area contributed by atoms with Crippen molar-refractivity contribution in [2.24, 2.45) is 0 Å². The standard InChI is InChI=1S/C12H6BrF4NO/c13-7-3-1-6(2-4-7)5-19-10-8(14)11(16)18-12(17)9(10)15/h1-4H,5H2. The first-order valence-corrected chi connectivity index (χ1v) is 5.85. The first-order chi connectivity index (χ1) is 8.99. The number of halogens is 5. The summed E-state index contributed by atoms with van der Waals surface area (Å²) in [4.78, 5) is 2.43. The van der Waals surface area contributed by atoms with Crippen molar-refractivity contribution in [1.29, 1.82) is 0 Å². The molecule has 0 aliphatic rings. The second kappa shape index (κ2) is 5.56. The molecule has 0 bridgehead atoms. The van der Waals surface area contributed by atoms with Crippen molar-refractivity contribution in [2.75, 3.05) is 0 Å². The van der Waals surface area contributed by atoms with Gasteiger partial charge < -0.3 is 4.74 Å². The second-order valence-corrected chi connectivity index (χ2v) is 4.48. The Hall–Kier alpha value is -1.63. The third-order valence-electron chi connectivity index (χ3n) is 2.25. The Bertz CT molecular complexity index is 577. The Kier molecular flexibility index (Phi) is 4.04. The summed E-state index contributed by atoms with van der Waals surface area (Å²) in [5.74, 6) is -7.92. The van der Waals surface area contributed by atoms with E-state index in [0.717, 1.165) is 4.47 Å². The number of ether oxygens (including phenoxy) is 1. The third kappa shape index (κ3) is 3.04. The molecule has 0 atom stereocenters. The minimum absolute atomic E-state index is 0.232. The van der Waals surface area contributed by atoms with Crippen molar-refractivity contribution in [3.63, 3.8) is 0 Å². The molecule has 1 heterocycles. The number of benzene rings is 1. The molecule has 0 spiro atoms. The largest absolute Gasteiger partial charge is 0.483 e. The maximum absolute atomic E-state index is 13.2. The van der Waals surface area contributed by atoms with E-state index in [1.165, 1.54) is 0 Å². The van der Waals surface area contributed by atoms with Crippen molar-refractivity contribution < 1.29 is 22.3 Å². The van der Waals surface area contributed by atoms with Crippen molar-refractivity contribution in [1.82, 2.24) is 4.98 Å². The van der Waals surface area contributed by atoms with Crippen LogP contribution in [0.1, 0.15) is 5.56 Å². The smallest absolute Gasteiger partial charge is 0.255 e. The molecular formula is C12H6BrF4NO. The van der Waals surface area contributed by atoms with Crippen LogP contribution in [0.3, 0.4) is 0 Å². The summed E-state index contributed by atoms with van der Waals surface area (Å²) in [6.45, 7) is -0.232. The predicted octanol–water partition coefficient (Wildman–Crippen LogP) is 3.98. The van der Waals surface area contributed by atoms with Crippen LogP contribution < -0.4 is 4.74 Å². The highest BCUT2D eigenvalue weighted by molar-refractivity contribution is 9.10. The molecular weight excluding hydrogens is 330 g/mol. The van der Waals surface area contributed by atoms with E-state index < -0.39 is 29.3 Å². The molecule has 0 radical (unpaired) electrons. The van der Waals surface area contributed by atoms with Gasteiger partial charge in [0.15, 0.2) is 0 Å². The number of pyridine rings is 1. The van der Waals surface area contributed by atoms with Gasteiger partial charge in [-0.05, 0) is 17.7 Å². The molecule has 0 aliphatic heterocycles. The van der Waals surface area contributed by atoms with Crippen LogP contribution in [0.4, 0.5) is 17.6 Å². The summed E-state index contributed by atoms with van der Waals surface area (Å²) in [6.07, 6.45) is 0. The summed E-state index contributed by atoms with van der Waals surface area (Å²) in [5, 5.41) is 0. The van der Waals surface area contributed by atoms with Gasteiger partial charge in [0.25, 0.3) is 11.9 Å². The number of hydrogen-bond donors (Lipinski definition) is 0. The maximum Gasteiger partial charge on any atom is 0.255 e. The Morgan fingerprint density at radius 2 is 1.47 bits per heavy atom. The molecule has 1 aromatic heterocycles. The SMILES string of the molecule is Fc1nc(F)c(F)c(OCc2ccc(Br)cc2)c1F. The first-order valence-electron chi connectivity index (χ1n) is 5.06. The number of aromatic nitrogens is 1. The van der Waals surface area contributed by atoms with Gasteiger partial charge in [-0.15, -0.1) is 0 Å². The molecule has 100 valence electrons. The van der Waals surface area contributed by atoms with Crippen LogP contribution in [-0.2, 0) is 6.61 Å². The monoisotopic (exact) mass is 335 g/mol. The first kappa shape index (κ1) is 13.8. The summed E-state index contributed by atoms with van der Waals surface area (Å²) in [5.41, 5.74) is 0.583. The Labute approximate surface area is 114 Å². The molecule has 0 saturated heterocycles. The van der Waals surface area contributed by atoms with Crippen LogP contribution in [0, 0.1) is 23.5 Å². The molecule has 0 saturated carbocycles. The van der Waals surface area contributed by atoms with Crippen molar-refractivity contribution in [3.05, 3.63) is 57.8 Å². The number of nitrogens with zero attached hydrogens (tertiary/aromatic N) is 1. The molecule has 0 N–H and O–H groups in total. The molecule has 19 heavy (non-hydrogen) atoms. The van der Waals surface area contributed by atoms with E-state index in [1.54, 1.807) is 24.3 Å². The molecule has 2 rings (SSSR count). The van der Waals surface area contributed by atoms with E-state index >= 15 is 0 Å². The molecule has 0 amide bonds. The van der Waals surface area contributed by atoms with Crippen LogP contribution in [0.15, 0.2) is 28.7 Å². The van der Waals surface area contributed by atoms with Crippen molar-refractivity contribution in [2.45, 2.75) is 6.61 Å². The van der Waals surface area contributed by atoms with Gasteiger partial charge in [0.05, 0.1) is 0 Å². The summed E-state index contributed by atoms with van der Waals surface area (Å²) in [6, 6.07) is 6.65. The Morgan fingerprint density at radius 3 is 2.00 bits per heavy atom. The van der Waals surface area contributed by atoms with Gasteiger partial charge in [-0.3, -0.25) is 0 Å². The van der Waals surface area contributed by atoms with Crippen molar-refractivity contribution in [3.8, 4) is 5.75 Å².